The number of pyridine rings is 1. The molecule has 2 rings (SSSR count). The molecule has 20 heavy (non-hydrogen) atoms. The van der Waals surface area contributed by atoms with Crippen LogP contribution >= 0.6 is 0 Å². The van der Waals surface area contributed by atoms with Gasteiger partial charge in [-0.15, -0.1) is 11.8 Å². The Labute approximate surface area is 121 Å². The van der Waals surface area contributed by atoms with E-state index in [1.54, 1.807) is 0 Å². The van der Waals surface area contributed by atoms with Crippen molar-refractivity contribution >= 4 is 10.9 Å². The summed E-state index contributed by atoms with van der Waals surface area (Å²) in [6.45, 7) is 5.13. The molecule has 2 nitrogen and oxygen atoms in total. The third-order valence-electron chi connectivity index (χ3n) is 3.40. The Bertz CT molecular complexity index is 607. The first kappa shape index (κ1) is 14.6. The predicted molar refractivity (Wildman–Crippen MR) is 85.5 cm³/mol. The number of fused-ring (bicyclic) bond motifs is 1. The lowest BCUT2D eigenvalue weighted by molar-refractivity contribution is 0.506. The van der Waals surface area contributed by atoms with Crippen molar-refractivity contribution in [2.24, 2.45) is 0 Å². The van der Waals surface area contributed by atoms with Crippen LogP contribution in [-0.2, 0) is 0 Å². The van der Waals surface area contributed by atoms with Gasteiger partial charge in [-0.05, 0) is 50.1 Å². The molecule has 1 atom stereocenters. The SMILES string of the molecule is CC#CCCC(NCCC)c1ccc2ncccc2c1. The highest BCUT2D eigenvalue weighted by molar-refractivity contribution is 5.79. The fourth-order valence-electron chi connectivity index (χ4n) is 2.36. The topological polar surface area (TPSA) is 24.9 Å². The minimum atomic E-state index is 0.375. The normalized spacial score (nSPS) is 11.9. The molecule has 0 bridgehead atoms. The number of aromatic nitrogens is 1. The van der Waals surface area contributed by atoms with Gasteiger partial charge in [0.1, 0.15) is 0 Å². The van der Waals surface area contributed by atoms with Crippen molar-refractivity contribution in [1.29, 1.82) is 0 Å². The molecule has 104 valence electrons. The van der Waals surface area contributed by atoms with Crippen molar-refractivity contribution in [2.45, 2.75) is 39.2 Å². The van der Waals surface area contributed by atoms with Crippen LogP contribution in [0.25, 0.3) is 10.9 Å². The van der Waals surface area contributed by atoms with E-state index in [0.29, 0.717) is 6.04 Å². The van der Waals surface area contributed by atoms with Gasteiger partial charge in [0.2, 0.25) is 0 Å². The largest absolute Gasteiger partial charge is 0.310 e. The van der Waals surface area contributed by atoms with Gasteiger partial charge in [-0.1, -0.05) is 19.1 Å². The molecule has 0 saturated carbocycles. The maximum atomic E-state index is 4.38. The van der Waals surface area contributed by atoms with E-state index in [0.717, 1.165) is 31.3 Å². The first-order chi connectivity index (χ1) is 9.85. The molecular formula is C18H22N2. The lowest BCUT2D eigenvalue weighted by Crippen LogP contribution is -2.22. The van der Waals surface area contributed by atoms with E-state index in [1.165, 1.54) is 10.9 Å². The van der Waals surface area contributed by atoms with Crippen LogP contribution < -0.4 is 5.32 Å². The van der Waals surface area contributed by atoms with Crippen molar-refractivity contribution in [1.82, 2.24) is 10.3 Å². The maximum Gasteiger partial charge on any atom is 0.0702 e. The third kappa shape index (κ3) is 3.82. The molecular weight excluding hydrogens is 244 g/mol. The summed E-state index contributed by atoms with van der Waals surface area (Å²) in [5.74, 6) is 6.13. The molecule has 0 amide bonds. The van der Waals surface area contributed by atoms with Gasteiger partial charge in [0.15, 0.2) is 0 Å². The molecule has 1 unspecified atom stereocenters. The minimum Gasteiger partial charge on any atom is -0.310 e. The Morgan fingerprint density at radius 2 is 2.20 bits per heavy atom. The van der Waals surface area contributed by atoms with Gasteiger partial charge < -0.3 is 5.32 Å². The highest BCUT2D eigenvalue weighted by atomic mass is 14.9. The van der Waals surface area contributed by atoms with E-state index in [-0.39, 0.29) is 0 Å². The minimum absolute atomic E-state index is 0.375. The Balaban J connectivity index is 2.21. The zero-order valence-electron chi connectivity index (χ0n) is 12.3. The van der Waals surface area contributed by atoms with Crippen LogP contribution in [-0.4, -0.2) is 11.5 Å². The van der Waals surface area contributed by atoms with Crippen molar-refractivity contribution in [2.75, 3.05) is 6.54 Å². The van der Waals surface area contributed by atoms with Gasteiger partial charge in [0, 0.05) is 24.0 Å². The second-order valence-corrected chi connectivity index (χ2v) is 4.93. The van der Waals surface area contributed by atoms with E-state index >= 15 is 0 Å². The maximum absolute atomic E-state index is 4.38. The fraction of sp³-hybridized carbons (Fsp3) is 0.389. The summed E-state index contributed by atoms with van der Waals surface area (Å²) in [5.41, 5.74) is 2.38. The predicted octanol–water partition coefficient (Wildman–Crippen LogP) is 4.08. The number of nitrogens with one attached hydrogen (secondary N) is 1. The summed E-state index contributed by atoms with van der Waals surface area (Å²) in [4.78, 5) is 4.38. The molecule has 0 fully saturated rings. The average molecular weight is 266 g/mol. The third-order valence-corrected chi connectivity index (χ3v) is 3.40. The molecule has 0 aliphatic heterocycles. The van der Waals surface area contributed by atoms with Gasteiger partial charge in [-0.2, -0.15) is 0 Å². The summed E-state index contributed by atoms with van der Waals surface area (Å²) in [5, 5.41) is 4.82. The summed E-state index contributed by atoms with van der Waals surface area (Å²) >= 11 is 0. The molecule has 0 aliphatic rings. The van der Waals surface area contributed by atoms with E-state index in [4.69, 9.17) is 0 Å². The van der Waals surface area contributed by atoms with Gasteiger partial charge in [-0.25, -0.2) is 0 Å². The van der Waals surface area contributed by atoms with E-state index in [2.05, 4.69) is 53.3 Å². The molecule has 0 spiro atoms. The summed E-state index contributed by atoms with van der Waals surface area (Å²) < 4.78 is 0. The quantitative estimate of drug-likeness (QED) is 0.797. The second kappa shape index (κ2) is 7.67. The van der Waals surface area contributed by atoms with Crippen molar-refractivity contribution in [3.63, 3.8) is 0 Å². The van der Waals surface area contributed by atoms with Gasteiger partial charge >= 0.3 is 0 Å². The van der Waals surface area contributed by atoms with Crippen molar-refractivity contribution < 1.29 is 0 Å². The average Bonchev–Trinajstić information content (AvgIpc) is 2.50. The van der Waals surface area contributed by atoms with E-state index < -0.39 is 0 Å². The lowest BCUT2D eigenvalue weighted by atomic mass is 10.00. The number of benzene rings is 1. The lowest BCUT2D eigenvalue weighted by Gasteiger charge is -2.18. The standard InChI is InChI=1S/C18H22N2/c1-3-5-6-9-17(19-12-4-2)16-10-11-18-15(14-16)8-7-13-20-18/h7-8,10-11,13-14,17,19H,4,6,9,12H2,1-2H3. The summed E-state index contributed by atoms with van der Waals surface area (Å²) in [6.07, 6.45) is 4.96. The zero-order valence-corrected chi connectivity index (χ0v) is 12.3. The van der Waals surface area contributed by atoms with Crippen LogP contribution in [0.2, 0.25) is 0 Å². The fourth-order valence-corrected chi connectivity index (χ4v) is 2.36. The van der Waals surface area contributed by atoms with E-state index in [1.807, 2.05) is 19.2 Å². The molecule has 1 N–H and O–H groups in total. The molecule has 2 aromatic rings. The van der Waals surface area contributed by atoms with Crippen LogP contribution in [0.5, 0.6) is 0 Å². The number of nitrogens with zero attached hydrogens (tertiary/aromatic N) is 1. The Kier molecular flexibility index (Phi) is 5.58. The van der Waals surface area contributed by atoms with Gasteiger partial charge in [0.05, 0.1) is 5.52 Å². The van der Waals surface area contributed by atoms with Gasteiger partial charge in [0.25, 0.3) is 0 Å². The first-order valence-electron chi connectivity index (χ1n) is 7.32. The molecule has 1 aromatic carbocycles. The molecule has 0 saturated heterocycles. The van der Waals surface area contributed by atoms with Gasteiger partial charge in [-0.3, -0.25) is 4.98 Å². The molecule has 0 radical (unpaired) electrons. The van der Waals surface area contributed by atoms with Crippen LogP contribution in [0.1, 0.15) is 44.7 Å². The monoisotopic (exact) mass is 266 g/mol. The number of rotatable bonds is 6. The second-order valence-electron chi connectivity index (χ2n) is 4.93. The smallest absolute Gasteiger partial charge is 0.0702 e. The van der Waals surface area contributed by atoms with Crippen molar-refractivity contribution in [3.8, 4) is 11.8 Å². The number of hydrogen-bond donors (Lipinski definition) is 1. The summed E-state index contributed by atoms with van der Waals surface area (Å²) in [6, 6.07) is 11.0. The zero-order chi connectivity index (χ0) is 14.2. The highest BCUT2D eigenvalue weighted by Crippen LogP contribution is 2.22. The molecule has 1 heterocycles. The Morgan fingerprint density at radius 1 is 1.30 bits per heavy atom. The molecule has 2 heteroatoms. The van der Waals surface area contributed by atoms with Crippen LogP contribution in [0.4, 0.5) is 0 Å². The number of hydrogen-bond acceptors (Lipinski definition) is 2. The van der Waals surface area contributed by atoms with Crippen molar-refractivity contribution in [3.05, 3.63) is 42.1 Å². The molecule has 1 aromatic heterocycles. The van der Waals surface area contributed by atoms with Crippen LogP contribution in [0, 0.1) is 11.8 Å². The van der Waals surface area contributed by atoms with Crippen LogP contribution in [0.15, 0.2) is 36.5 Å². The Morgan fingerprint density at radius 3 is 3.00 bits per heavy atom. The highest BCUT2D eigenvalue weighted by Gasteiger charge is 2.10. The molecule has 0 aliphatic carbocycles. The first-order valence-corrected chi connectivity index (χ1v) is 7.32. The van der Waals surface area contributed by atoms with Crippen LogP contribution in [0.3, 0.4) is 0 Å². The summed E-state index contributed by atoms with van der Waals surface area (Å²) in [7, 11) is 0. The van der Waals surface area contributed by atoms with E-state index in [9.17, 15) is 0 Å². The Hall–Kier alpha value is -1.85.